The molecule has 100 valence electrons. The van der Waals surface area contributed by atoms with Crippen molar-refractivity contribution in [2.75, 3.05) is 14.1 Å². The molecule has 0 spiro atoms. The van der Waals surface area contributed by atoms with Crippen molar-refractivity contribution in [2.24, 2.45) is 0 Å². The number of rotatable bonds is 5. The maximum atomic E-state index is 12.8. The van der Waals surface area contributed by atoms with Gasteiger partial charge in [-0.05, 0) is 38.0 Å². The van der Waals surface area contributed by atoms with Crippen LogP contribution in [0.2, 0.25) is 0 Å². The van der Waals surface area contributed by atoms with Crippen LogP contribution in [0.3, 0.4) is 0 Å². The van der Waals surface area contributed by atoms with Gasteiger partial charge in [-0.2, -0.15) is 0 Å². The molecule has 0 radical (unpaired) electrons. The molecule has 3 nitrogen and oxygen atoms in total. The van der Waals surface area contributed by atoms with Crippen molar-refractivity contribution in [2.45, 2.75) is 32.4 Å². The number of nitrogens with zero attached hydrogens (tertiary/aromatic N) is 1. The third kappa shape index (κ3) is 4.45. The lowest BCUT2D eigenvalue weighted by Crippen LogP contribution is -2.45. The third-order valence-corrected chi connectivity index (χ3v) is 2.80. The van der Waals surface area contributed by atoms with E-state index in [1.807, 2.05) is 13.8 Å². The molecule has 0 aromatic heterocycles. The molecule has 0 fully saturated rings. The number of carbonyl (C=O) groups excluding carboxylic acids is 1. The van der Waals surface area contributed by atoms with Gasteiger partial charge in [0.15, 0.2) is 0 Å². The summed E-state index contributed by atoms with van der Waals surface area (Å²) >= 11 is 0. The fraction of sp³-hybridized carbons (Fsp3) is 0.500. The molecular formula is C14H21FN2O. The maximum Gasteiger partial charge on any atom is 0.238 e. The van der Waals surface area contributed by atoms with Crippen LogP contribution in [0, 0.1) is 5.82 Å². The summed E-state index contributed by atoms with van der Waals surface area (Å²) in [5.74, 6) is -0.170. The smallest absolute Gasteiger partial charge is 0.238 e. The Kier molecular flexibility index (Phi) is 5.28. The van der Waals surface area contributed by atoms with Gasteiger partial charge in [-0.3, -0.25) is 4.79 Å². The third-order valence-electron chi connectivity index (χ3n) is 2.80. The predicted molar refractivity (Wildman–Crippen MR) is 70.9 cm³/mol. The topological polar surface area (TPSA) is 32.3 Å². The SMILES string of the molecule is CC(Cc1ccc(F)cc1)NC(C)C(=O)N(C)C. The minimum atomic E-state index is -0.226. The Balaban J connectivity index is 2.48. The standard InChI is InChI=1S/C14H21FN2O/c1-10(16-11(2)14(18)17(3)4)9-12-5-7-13(15)8-6-12/h5-8,10-11,16H,9H2,1-4H3. The van der Waals surface area contributed by atoms with Gasteiger partial charge in [0.1, 0.15) is 5.82 Å². The second-order valence-corrected chi connectivity index (χ2v) is 4.85. The average Bonchev–Trinajstić information content (AvgIpc) is 2.30. The largest absolute Gasteiger partial charge is 0.347 e. The number of carbonyl (C=O) groups is 1. The molecule has 0 heterocycles. The van der Waals surface area contributed by atoms with Crippen molar-refractivity contribution in [1.82, 2.24) is 10.2 Å². The van der Waals surface area contributed by atoms with Crippen molar-refractivity contribution in [3.63, 3.8) is 0 Å². The van der Waals surface area contributed by atoms with Crippen LogP contribution >= 0.6 is 0 Å². The molecule has 2 unspecified atom stereocenters. The summed E-state index contributed by atoms with van der Waals surface area (Å²) < 4.78 is 12.8. The highest BCUT2D eigenvalue weighted by Crippen LogP contribution is 2.06. The van der Waals surface area contributed by atoms with Gasteiger partial charge >= 0.3 is 0 Å². The van der Waals surface area contributed by atoms with Gasteiger partial charge in [0.2, 0.25) is 5.91 Å². The summed E-state index contributed by atoms with van der Waals surface area (Å²) in [6.45, 7) is 3.87. The summed E-state index contributed by atoms with van der Waals surface area (Å²) in [5.41, 5.74) is 1.06. The first-order chi connectivity index (χ1) is 8.40. The number of nitrogens with one attached hydrogen (secondary N) is 1. The molecule has 1 rings (SSSR count). The van der Waals surface area contributed by atoms with Gasteiger partial charge in [-0.25, -0.2) is 4.39 Å². The van der Waals surface area contributed by atoms with Crippen LogP contribution < -0.4 is 5.32 Å². The quantitative estimate of drug-likeness (QED) is 0.867. The zero-order chi connectivity index (χ0) is 13.7. The van der Waals surface area contributed by atoms with Crippen molar-refractivity contribution < 1.29 is 9.18 Å². The molecule has 0 aliphatic heterocycles. The van der Waals surface area contributed by atoms with Crippen LogP contribution in [0.15, 0.2) is 24.3 Å². The van der Waals surface area contributed by atoms with Gasteiger partial charge in [0.05, 0.1) is 6.04 Å². The molecule has 1 N–H and O–H groups in total. The van der Waals surface area contributed by atoms with E-state index in [1.165, 1.54) is 12.1 Å². The Morgan fingerprint density at radius 3 is 2.33 bits per heavy atom. The van der Waals surface area contributed by atoms with E-state index in [2.05, 4.69) is 5.32 Å². The summed E-state index contributed by atoms with van der Waals surface area (Å²) in [7, 11) is 3.48. The van der Waals surface area contributed by atoms with Crippen molar-refractivity contribution >= 4 is 5.91 Å². The van der Waals surface area contributed by atoms with Crippen LogP contribution in [0.5, 0.6) is 0 Å². The van der Waals surface area contributed by atoms with Gasteiger partial charge in [-0.1, -0.05) is 12.1 Å². The Bertz CT molecular complexity index is 389. The molecule has 2 atom stereocenters. The van der Waals surface area contributed by atoms with Crippen LogP contribution in [-0.2, 0) is 11.2 Å². The highest BCUT2D eigenvalue weighted by molar-refractivity contribution is 5.80. The molecule has 1 aromatic rings. The van der Waals surface area contributed by atoms with Crippen LogP contribution in [0.4, 0.5) is 4.39 Å². The fourth-order valence-corrected chi connectivity index (χ4v) is 1.92. The van der Waals surface area contributed by atoms with Crippen molar-refractivity contribution in [3.8, 4) is 0 Å². The minimum Gasteiger partial charge on any atom is -0.347 e. The minimum absolute atomic E-state index is 0.0564. The maximum absolute atomic E-state index is 12.8. The van der Waals surface area contributed by atoms with E-state index in [9.17, 15) is 9.18 Å². The summed E-state index contributed by atoms with van der Waals surface area (Å²) in [5, 5.41) is 3.24. The summed E-state index contributed by atoms with van der Waals surface area (Å²) in [6, 6.07) is 6.40. The molecule has 0 aliphatic rings. The lowest BCUT2D eigenvalue weighted by Gasteiger charge is -2.22. The molecule has 1 amide bonds. The van der Waals surface area contributed by atoms with E-state index in [0.717, 1.165) is 12.0 Å². The number of benzene rings is 1. The zero-order valence-electron chi connectivity index (χ0n) is 11.4. The number of hydrogen-bond acceptors (Lipinski definition) is 2. The molecule has 0 saturated heterocycles. The van der Waals surface area contributed by atoms with Crippen LogP contribution in [0.1, 0.15) is 19.4 Å². The lowest BCUT2D eigenvalue weighted by molar-refractivity contribution is -0.130. The van der Waals surface area contributed by atoms with E-state index in [-0.39, 0.29) is 23.8 Å². The van der Waals surface area contributed by atoms with Crippen molar-refractivity contribution in [1.29, 1.82) is 0 Å². The highest BCUT2D eigenvalue weighted by Gasteiger charge is 2.16. The Morgan fingerprint density at radius 1 is 1.28 bits per heavy atom. The molecule has 18 heavy (non-hydrogen) atoms. The molecule has 0 saturated carbocycles. The van der Waals surface area contributed by atoms with Crippen LogP contribution in [0.25, 0.3) is 0 Å². The van der Waals surface area contributed by atoms with E-state index < -0.39 is 0 Å². The van der Waals surface area contributed by atoms with Crippen molar-refractivity contribution in [3.05, 3.63) is 35.6 Å². The highest BCUT2D eigenvalue weighted by atomic mass is 19.1. The second kappa shape index (κ2) is 6.50. The second-order valence-electron chi connectivity index (χ2n) is 4.85. The zero-order valence-corrected chi connectivity index (χ0v) is 11.4. The van der Waals surface area contributed by atoms with E-state index in [1.54, 1.807) is 31.1 Å². The summed E-state index contributed by atoms with van der Waals surface area (Å²) in [6.07, 6.45) is 0.769. The monoisotopic (exact) mass is 252 g/mol. The molecular weight excluding hydrogens is 231 g/mol. The molecule has 1 aromatic carbocycles. The van der Waals surface area contributed by atoms with E-state index in [0.29, 0.717) is 0 Å². The first-order valence-corrected chi connectivity index (χ1v) is 6.12. The number of amides is 1. The Morgan fingerprint density at radius 2 is 1.83 bits per heavy atom. The fourth-order valence-electron chi connectivity index (χ4n) is 1.92. The first kappa shape index (κ1) is 14.6. The average molecular weight is 252 g/mol. The number of likely N-dealkylation sites (N-methyl/N-ethyl adjacent to an activating group) is 1. The molecule has 0 bridgehead atoms. The number of hydrogen-bond donors (Lipinski definition) is 1. The summed E-state index contributed by atoms with van der Waals surface area (Å²) in [4.78, 5) is 13.3. The first-order valence-electron chi connectivity index (χ1n) is 6.12. The normalized spacial score (nSPS) is 14.1. The van der Waals surface area contributed by atoms with E-state index >= 15 is 0 Å². The molecule has 4 heteroatoms. The van der Waals surface area contributed by atoms with Crippen LogP contribution in [-0.4, -0.2) is 37.0 Å². The van der Waals surface area contributed by atoms with Gasteiger partial charge in [-0.15, -0.1) is 0 Å². The predicted octanol–water partition coefficient (Wildman–Crippen LogP) is 1.82. The van der Waals surface area contributed by atoms with Gasteiger partial charge in [0.25, 0.3) is 0 Å². The van der Waals surface area contributed by atoms with Gasteiger partial charge < -0.3 is 10.2 Å². The number of halogens is 1. The van der Waals surface area contributed by atoms with E-state index in [4.69, 9.17) is 0 Å². The Labute approximate surface area is 108 Å². The molecule has 0 aliphatic carbocycles. The Hall–Kier alpha value is -1.42. The lowest BCUT2D eigenvalue weighted by atomic mass is 10.1. The van der Waals surface area contributed by atoms with Gasteiger partial charge in [0, 0.05) is 20.1 Å².